The third-order valence-electron chi connectivity index (χ3n) is 5.47. The van der Waals surface area contributed by atoms with E-state index in [9.17, 15) is 5.11 Å². The maximum atomic E-state index is 11.0. The number of piperidine rings is 1. The van der Waals surface area contributed by atoms with E-state index in [1.165, 1.54) is 11.1 Å². The minimum Gasteiger partial charge on any atom is -0.392 e. The van der Waals surface area contributed by atoms with Crippen LogP contribution >= 0.6 is 11.8 Å². The van der Waals surface area contributed by atoms with Gasteiger partial charge >= 0.3 is 0 Å². The molecule has 5 atom stereocenters. The Morgan fingerprint density at radius 1 is 0.826 bits per heavy atom. The third-order valence-corrected chi connectivity index (χ3v) is 6.71. The molecule has 3 heteroatoms. The molecular formula is C20H23NOS. The van der Waals surface area contributed by atoms with Gasteiger partial charge in [-0.15, -0.1) is 0 Å². The van der Waals surface area contributed by atoms with Crippen molar-refractivity contribution >= 4 is 11.8 Å². The molecule has 0 spiro atoms. The van der Waals surface area contributed by atoms with E-state index in [1.54, 1.807) is 0 Å². The summed E-state index contributed by atoms with van der Waals surface area (Å²) in [4.78, 5) is 2.51. The standard InChI is InChI=1S/C20H23NOS/c1-21-18(14-8-4-2-5-9-14)16-12-23-13-17(20(16)22)19(21)15-10-6-3-7-11-15/h2-11,16-20,22H,12-13H2,1H3/t16-,17+,18-,19+,20?. The number of hydrogen-bond acceptors (Lipinski definition) is 3. The summed E-state index contributed by atoms with van der Waals surface area (Å²) in [5.74, 6) is 2.71. The molecule has 120 valence electrons. The van der Waals surface area contributed by atoms with Crippen molar-refractivity contribution in [2.24, 2.45) is 11.8 Å². The molecule has 2 heterocycles. The first-order valence-corrected chi connectivity index (χ1v) is 9.50. The number of likely N-dealkylation sites (tertiary alicyclic amines) is 1. The lowest BCUT2D eigenvalue weighted by Crippen LogP contribution is -2.55. The molecule has 1 unspecified atom stereocenters. The second-order valence-electron chi connectivity index (χ2n) is 6.73. The van der Waals surface area contributed by atoms with E-state index < -0.39 is 0 Å². The molecule has 2 aliphatic heterocycles. The molecule has 0 saturated carbocycles. The summed E-state index contributed by atoms with van der Waals surface area (Å²) in [5.41, 5.74) is 2.64. The van der Waals surface area contributed by atoms with Gasteiger partial charge in [0.2, 0.25) is 0 Å². The molecule has 2 aromatic rings. The summed E-state index contributed by atoms with van der Waals surface area (Å²) in [7, 11) is 2.23. The number of hydrogen-bond donors (Lipinski definition) is 1. The summed E-state index contributed by atoms with van der Waals surface area (Å²) >= 11 is 2.00. The molecule has 2 bridgehead atoms. The summed E-state index contributed by atoms with van der Waals surface area (Å²) in [6, 6.07) is 21.9. The Hall–Kier alpha value is -1.29. The molecule has 2 saturated heterocycles. The van der Waals surface area contributed by atoms with Gasteiger partial charge in [0.25, 0.3) is 0 Å². The zero-order chi connectivity index (χ0) is 15.8. The first kappa shape index (κ1) is 15.3. The first-order valence-electron chi connectivity index (χ1n) is 8.35. The highest BCUT2D eigenvalue weighted by molar-refractivity contribution is 7.99. The molecule has 0 amide bonds. The number of nitrogens with zero attached hydrogens (tertiary/aromatic N) is 1. The molecular weight excluding hydrogens is 302 g/mol. The SMILES string of the molecule is CN1[C@H](c2ccccc2)[C@H]2CSC[C@H](C2O)[C@@H]1c1ccccc1. The van der Waals surface area contributed by atoms with E-state index in [0.29, 0.717) is 11.8 Å². The van der Waals surface area contributed by atoms with Gasteiger partial charge in [0.15, 0.2) is 0 Å². The van der Waals surface area contributed by atoms with E-state index in [4.69, 9.17) is 0 Å². The Kier molecular flexibility index (Phi) is 4.18. The number of aliphatic hydroxyl groups is 1. The number of aliphatic hydroxyl groups excluding tert-OH is 1. The quantitative estimate of drug-likeness (QED) is 0.909. The van der Waals surface area contributed by atoms with Crippen molar-refractivity contribution in [3.8, 4) is 0 Å². The third kappa shape index (κ3) is 2.61. The van der Waals surface area contributed by atoms with E-state index in [-0.39, 0.29) is 18.2 Å². The van der Waals surface area contributed by atoms with Crippen LogP contribution in [0.25, 0.3) is 0 Å². The van der Waals surface area contributed by atoms with E-state index in [1.807, 2.05) is 11.8 Å². The fourth-order valence-corrected chi connectivity index (χ4v) is 5.89. The van der Waals surface area contributed by atoms with Crippen LogP contribution in [0.5, 0.6) is 0 Å². The zero-order valence-electron chi connectivity index (χ0n) is 13.4. The Labute approximate surface area is 142 Å². The summed E-state index contributed by atoms with van der Waals surface area (Å²) in [6.45, 7) is 0. The molecule has 4 rings (SSSR count). The Bertz CT molecular complexity index is 592. The van der Waals surface area contributed by atoms with Crippen molar-refractivity contribution in [2.45, 2.75) is 18.2 Å². The summed E-state index contributed by atoms with van der Waals surface area (Å²) in [5, 5.41) is 11.0. The van der Waals surface area contributed by atoms with Crippen LogP contribution in [0.15, 0.2) is 60.7 Å². The van der Waals surface area contributed by atoms with Crippen molar-refractivity contribution in [2.75, 3.05) is 18.6 Å². The highest BCUT2D eigenvalue weighted by atomic mass is 32.2. The highest BCUT2D eigenvalue weighted by Crippen LogP contribution is 2.51. The zero-order valence-corrected chi connectivity index (χ0v) is 14.2. The average molecular weight is 325 g/mol. The molecule has 0 radical (unpaired) electrons. The van der Waals surface area contributed by atoms with Crippen LogP contribution in [0, 0.1) is 11.8 Å². The van der Waals surface area contributed by atoms with Crippen molar-refractivity contribution < 1.29 is 5.11 Å². The van der Waals surface area contributed by atoms with Crippen LogP contribution in [0.4, 0.5) is 0 Å². The van der Waals surface area contributed by atoms with E-state index >= 15 is 0 Å². The predicted molar refractivity (Wildman–Crippen MR) is 96.4 cm³/mol. The Morgan fingerprint density at radius 3 is 1.70 bits per heavy atom. The van der Waals surface area contributed by atoms with Crippen molar-refractivity contribution in [3.05, 3.63) is 71.8 Å². The number of thioether (sulfide) groups is 1. The molecule has 2 aliphatic rings. The van der Waals surface area contributed by atoms with Gasteiger partial charge in [-0.05, 0) is 18.2 Å². The number of fused-ring (bicyclic) bond motifs is 2. The molecule has 0 aliphatic carbocycles. The van der Waals surface area contributed by atoms with Crippen molar-refractivity contribution in [1.29, 1.82) is 0 Å². The van der Waals surface area contributed by atoms with Crippen LogP contribution in [0.1, 0.15) is 23.2 Å². The Morgan fingerprint density at radius 2 is 1.26 bits per heavy atom. The minimum absolute atomic E-state index is 0.220. The fraction of sp³-hybridized carbons (Fsp3) is 0.400. The largest absolute Gasteiger partial charge is 0.392 e. The van der Waals surface area contributed by atoms with Gasteiger partial charge in [0.1, 0.15) is 0 Å². The predicted octanol–water partition coefficient (Wildman–Crippen LogP) is 3.75. The lowest BCUT2D eigenvalue weighted by molar-refractivity contribution is -0.0751. The summed E-state index contributed by atoms with van der Waals surface area (Å²) in [6.07, 6.45) is -0.220. The average Bonchev–Trinajstić information content (AvgIpc) is 2.59. The number of rotatable bonds is 2. The van der Waals surface area contributed by atoms with Crippen LogP contribution in [0.3, 0.4) is 0 Å². The van der Waals surface area contributed by atoms with Crippen LogP contribution in [-0.2, 0) is 0 Å². The maximum Gasteiger partial charge on any atom is 0.0648 e. The Balaban J connectivity index is 1.78. The molecule has 2 fully saturated rings. The van der Waals surface area contributed by atoms with Gasteiger partial charge in [0.05, 0.1) is 6.10 Å². The number of benzene rings is 2. The van der Waals surface area contributed by atoms with Gasteiger partial charge in [-0.2, -0.15) is 11.8 Å². The second kappa shape index (κ2) is 6.31. The van der Waals surface area contributed by atoms with Crippen LogP contribution < -0.4 is 0 Å². The smallest absolute Gasteiger partial charge is 0.0648 e. The van der Waals surface area contributed by atoms with Crippen LogP contribution in [0.2, 0.25) is 0 Å². The summed E-state index contributed by atoms with van der Waals surface area (Å²) < 4.78 is 0. The van der Waals surface area contributed by atoms with Gasteiger partial charge in [-0.1, -0.05) is 60.7 Å². The molecule has 0 aromatic heterocycles. The molecule has 2 nitrogen and oxygen atoms in total. The maximum absolute atomic E-state index is 11.0. The first-order chi connectivity index (χ1) is 11.3. The molecule has 2 aromatic carbocycles. The fourth-order valence-electron chi connectivity index (χ4n) is 4.45. The van der Waals surface area contributed by atoms with Gasteiger partial charge in [-0.25, -0.2) is 0 Å². The normalized spacial score (nSPS) is 34.3. The molecule has 1 N–H and O–H groups in total. The monoisotopic (exact) mass is 325 g/mol. The van der Waals surface area contributed by atoms with E-state index in [2.05, 4.69) is 72.6 Å². The highest BCUT2D eigenvalue weighted by Gasteiger charge is 2.50. The minimum atomic E-state index is -0.220. The van der Waals surface area contributed by atoms with Crippen molar-refractivity contribution in [1.82, 2.24) is 4.90 Å². The molecule has 23 heavy (non-hydrogen) atoms. The van der Waals surface area contributed by atoms with Crippen LogP contribution in [-0.4, -0.2) is 34.7 Å². The second-order valence-corrected chi connectivity index (χ2v) is 7.81. The van der Waals surface area contributed by atoms with E-state index in [0.717, 1.165) is 11.5 Å². The van der Waals surface area contributed by atoms with Gasteiger partial charge in [-0.3, -0.25) is 4.90 Å². The van der Waals surface area contributed by atoms with Gasteiger partial charge in [0, 0.05) is 35.4 Å². The van der Waals surface area contributed by atoms with Crippen molar-refractivity contribution in [3.63, 3.8) is 0 Å². The lowest BCUT2D eigenvalue weighted by Gasteiger charge is -2.54. The van der Waals surface area contributed by atoms with Gasteiger partial charge < -0.3 is 5.11 Å². The topological polar surface area (TPSA) is 23.5 Å². The lowest BCUT2D eigenvalue weighted by atomic mass is 9.73.